The number of ether oxygens (including phenoxy) is 2. The third-order valence-corrected chi connectivity index (χ3v) is 2.04. The summed E-state index contributed by atoms with van der Waals surface area (Å²) < 4.78 is 8.82. The summed E-state index contributed by atoms with van der Waals surface area (Å²) in [7, 11) is 2.51. The Bertz CT molecular complexity index is 202. The average molecular weight is 256 g/mol. The minimum Gasteiger partial charge on any atom is -1.00 e. The Morgan fingerprint density at radius 3 is 2.12 bits per heavy atom. The lowest BCUT2D eigenvalue weighted by Gasteiger charge is -2.09. The van der Waals surface area contributed by atoms with Crippen molar-refractivity contribution in [2.24, 2.45) is 0 Å². The van der Waals surface area contributed by atoms with Crippen molar-refractivity contribution in [1.29, 1.82) is 0 Å². The Kier molecular flexibility index (Phi) is 10.3. The van der Waals surface area contributed by atoms with Crippen molar-refractivity contribution in [3.8, 4) is 0 Å². The smallest absolute Gasteiger partial charge is 0.364 e. The van der Waals surface area contributed by atoms with Crippen LogP contribution in [-0.2, 0) is 19.1 Å². The molecule has 0 unspecified atom stereocenters. The van der Waals surface area contributed by atoms with Gasteiger partial charge in [0.15, 0.2) is 12.1 Å². The SMILES string of the molecule is COC(=O)[C@H](O)CCC[C@H]([NH3+])C(=O)OC.[Cl-]. The number of esters is 2. The van der Waals surface area contributed by atoms with Crippen LogP contribution in [0.3, 0.4) is 0 Å². The third-order valence-electron chi connectivity index (χ3n) is 2.04. The first-order valence-corrected chi connectivity index (χ1v) is 4.69. The van der Waals surface area contributed by atoms with Crippen molar-refractivity contribution >= 4 is 11.9 Å². The molecule has 0 aromatic heterocycles. The minimum atomic E-state index is -1.13. The molecule has 7 heteroatoms. The number of halogens is 1. The van der Waals surface area contributed by atoms with Gasteiger partial charge in [-0.1, -0.05) is 0 Å². The van der Waals surface area contributed by atoms with Gasteiger partial charge in [-0.05, 0) is 12.8 Å². The van der Waals surface area contributed by atoms with E-state index in [4.69, 9.17) is 0 Å². The average Bonchev–Trinajstić information content (AvgIpc) is 2.26. The molecule has 0 aliphatic carbocycles. The zero-order chi connectivity index (χ0) is 11.8. The van der Waals surface area contributed by atoms with E-state index in [1.54, 1.807) is 0 Å². The number of quaternary nitrogens is 1. The van der Waals surface area contributed by atoms with Gasteiger partial charge in [-0.15, -0.1) is 0 Å². The van der Waals surface area contributed by atoms with Gasteiger partial charge in [0.05, 0.1) is 14.2 Å². The molecule has 0 aromatic carbocycles. The minimum absolute atomic E-state index is 0. The predicted molar refractivity (Wildman–Crippen MR) is 50.6 cm³/mol. The van der Waals surface area contributed by atoms with Crippen molar-refractivity contribution in [3.05, 3.63) is 0 Å². The lowest BCUT2D eigenvalue weighted by Crippen LogP contribution is -3.00. The van der Waals surface area contributed by atoms with E-state index in [-0.39, 0.29) is 24.8 Å². The summed E-state index contributed by atoms with van der Waals surface area (Å²) in [5.41, 5.74) is 3.60. The number of hydrogen-bond donors (Lipinski definition) is 2. The summed E-state index contributed by atoms with van der Waals surface area (Å²) in [5.74, 6) is -1.05. The van der Waals surface area contributed by atoms with Crippen molar-refractivity contribution in [1.82, 2.24) is 0 Å². The highest BCUT2D eigenvalue weighted by molar-refractivity contribution is 5.74. The fraction of sp³-hybridized carbons (Fsp3) is 0.778. The van der Waals surface area contributed by atoms with Gasteiger partial charge in [0.1, 0.15) is 0 Å². The first-order valence-electron chi connectivity index (χ1n) is 4.69. The van der Waals surface area contributed by atoms with Gasteiger partial charge in [0, 0.05) is 6.42 Å². The van der Waals surface area contributed by atoms with Crippen LogP contribution >= 0.6 is 0 Å². The maximum Gasteiger partial charge on any atom is 0.364 e. The molecule has 0 spiro atoms. The molecule has 0 aliphatic rings. The molecule has 0 heterocycles. The van der Waals surface area contributed by atoms with Crippen LogP contribution < -0.4 is 18.1 Å². The van der Waals surface area contributed by atoms with E-state index in [0.717, 1.165) is 0 Å². The Hall–Kier alpha value is -0.850. The van der Waals surface area contributed by atoms with E-state index in [2.05, 4.69) is 15.2 Å². The van der Waals surface area contributed by atoms with Crippen molar-refractivity contribution < 1.29 is 42.3 Å². The van der Waals surface area contributed by atoms with Gasteiger partial charge in [-0.3, -0.25) is 0 Å². The number of aliphatic hydroxyl groups excluding tert-OH is 1. The van der Waals surface area contributed by atoms with Gasteiger partial charge < -0.3 is 32.7 Å². The van der Waals surface area contributed by atoms with Gasteiger partial charge in [0.2, 0.25) is 0 Å². The number of carbonyl (C=O) groups is 2. The summed E-state index contributed by atoms with van der Waals surface area (Å²) in [4.78, 5) is 21.7. The lowest BCUT2D eigenvalue weighted by atomic mass is 10.1. The third kappa shape index (κ3) is 6.60. The van der Waals surface area contributed by atoms with Crippen LogP contribution in [-0.4, -0.2) is 43.4 Å². The van der Waals surface area contributed by atoms with Gasteiger partial charge in [-0.2, -0.15) is 0 Å². The lowest BCUT2D eigenvalue weighted by molar-refractivity contribution is -0.409. The molecule has 0 amide bonds. The molecule has 0 fully saturated rings. The molecule has 0 radical (unpaired) electrons. The summed E-state index contributed by atoms with van der Waals surface area (Å²) in [6.45, 7) is 0. The molecule has 0 saturated heterocycles. The topological polar surface area (TPSA) is 100 Å². The zero-order valence-electron chi connectivity index (χ0n) is 9.44. The Balaban J connectivity index is 0. The van der Waals surface area contributed by atoms with Crippen LogP contribution in [0.2, 0.25) is 0 Å². The highest BCUT2D eigenvalue weighted by Gasteiger charge is 2.20. The van der Waals surface area contributed by atoms with E-state index >= 15 is 0 Å². The standard InChI is InChI=1S/C9H17NO5.ClH/c1-14-8(12)6(10)4-3-5-7(11)9(13)15-2;/h6-7,11H,3-5,10H2,1-2H3;1H/t6-,7+;/m0./s1. The summed E-state index contributed by atoms with van der Waals surface area (Å²) >= 11 is 0. The number of hydrogen-bond acceptors (Lipinski definition) is 5. The number of methoxy groups -OCH3 is 2. The molecule has 2 atom stereocenters. The second-order valence-electron chi connectivity index (χ2n) is 3.19. The molecule has 0 bridgehead atoms. The number of rotatable bonds is 6. The van der Waals surface area contributed by atoms with Crippen LogP contribution in [0.5, 0.6) is 0 Å². The number of aliphatic hydroxyl groups is 1. The van der Waals surface area contributed by atoms with Gasteiger partial charge in [0.25, 0.3) is 0 Å². The summed E-state index contributed by atoms with van der Waals surface area (Å²) in [6.07, 6.45) is 0.121. The zero-order valence-corrected chi connectivity index (χ0v) is 10.2. The van der Waals surface area contributed by atoms with Crippen molar-refractivity contribution in [3.63, 3.8) is 0 Å². The first-order chi connectivity index (χ1) is 7.02. The largest absolute Gasteiger partial charge is 1.00 e. The van der Waals surface area contributed by atoms with E-state index in [0.29, 0.717) is 12.8 Å². The molecular weight excluding hydrogens is 238 g/mol. The molecule has 0 saturated carbocycles. The molecule has 0 rings (SSSR count). The van der Waals surface area contributed by atoms with Crippen LogP contribution in [0.1, 0.15) is 19.3 Å². The Morgan fingerprint density at radius 1 is 1.19 bits per heavy atom. The van der Waals surface area contributed by atoms with Crippen molar-refractivity contribution in [2.75, 3.05) is 14.2 Å². The van der Waals surface area contributed by atoms with Crippen LogP contribution in [0.4, 0.5) is 0 Å². The fourth-order valence-electron chi connectivity index (χ4n) is 1.10. The van der Waals surface area contributed by atoms with Crippen molar-refractivity contribution in [2.45, 2.75) is 31.4 Å². The quantitative estimate of drug-likeness (QED) is 0.466. The van der Waals surface area contributed by atoms with Crippen LogP contribution in [0.15, 0.2) is 0 Å². The molecule has 16 heavy (non-hydrogen) atoms. The van der Waals surface area contributed by atoms with Gasteiger partial charge >= 0.3 is 11.9 Å². The summed E-state index contributed by atoms with van der Waals surface area (Å²) in [6, 6.07) is -0.458. The van der Waals surface area contributed by atoms with E-state index in [1.807, 2.05) is 0 Å². The summed E-state index contributed by atoms with van der Waals surface area (Å²) in [5, 5.41) is 9.22. The molecule has 96 valence electrons. The second kappa shape index (κ2) is 9.38. The maximum atomic E-state index is 10.9. The number of carbonyl (C=O) groups excluding carboxylic acids is 2. The monoisotopic (exact) mass is 255 g/mol. The van der Waals surface area contributed by atoms with E-state index in [1.165, 1.54) is 14.2 Å². The Labute approximate surface area is 100 Å². The molecule has 0 aromatic rings. The van der Waals surface area contributed by atoms with E-state index in [9.17, 15) is 14.7 Å². The Morgan fingerprint density at radius 2 is 1.69 bits per heavy atom. The van der Waals surface area contributed by atoms with Crippen LogP contribution in [0, 0.1) is 0 Å². The van der Waals surface area contributed by atoms with Crippen LogP contribution in [0.25, 0.3) is 0 Å². The molecule has 6 nitrogen and oxygen atoms in total. The first kappa shape index (κ1) is 17.5. The highest BCUT2D eigenvalue weighted by atomic mass is 35.5. The highest BCUT2D eigenvalue weighted by Crippen LogP contribution is 2.04. The normalized spacial score (nSPS) is 13.2. The second-order valence-corrected chi connectivity index (χ2v) is 3.19. The molecular formula is C9H18ClNO5. The van der Waals surface area contributed by atoms with E-state index < -0.39 is 18.1 Å². The molecule has 0 aliphatic heterocycles. The predicted octanol–water partition coefficient (Wildman–Crippen LogP) is -4.52. The molecule has 4 N–H and O–H groups in total. The van der Waals surface area contributed by atoms with Gasteiger partial charge in [-0.25, -0.2) is 9.59 Å². The fourth-order valence-corrected chi connectivity index (χ4v) is 1.10. The maximum absolute atomic E-state index is 10.9.